The zero-order valence-corrected chi connectivity index (χ0v) is 9.29. The maximum absolute atomic E-state index is 13.9. The van der Waals surface area contributed by atoms with Crippen LogP contribution in [0.3, 0.4) is 0 Å². The van der Waals surface area contributed by atoms with Gasteiger partial charge in [0, 0.05) is 12.6 Å². The Morgan fingerprint density at radius 2 is 1.94 bits per heavy atom. The third-order valence-electron chi connectivity index (χ3n) is 2.53. The molecule has 18 heavy (non-hydrogen) atoms. The Kier molecular flexibility index (Phi) is 2.76. The van der Waals surface area contributed by atoms with Crippen molar-refractivity contribution in [2.45, 2.75) is 6.18 Å². The molecule has 0 saturated heterocycles. The monoisotopic (exact) mass is 259 g/mol. The molecule has 1 aromatic carbocycles. The predicted molar refractivity (Wildman–Crippen MR) is 58.0 cm³/mol. The van der Waals surface area contributed by atoms with Crippen molar-refractivity contribution in [2.24, 2.45) is 7.05 Å². The normalized spacial score (nSPS) is 11.8. The average molecular weight is 259 g/mol. The SMILES string of the molecule is Cn1ncc(N)c1-c1cccc(C(F)(F)F)c1F. The molecule has 0 fully saturated rings. The van der Waals surface area contributed by atoms with Gasteiger partial charge in [-0.25, -0.2) is 4.39 Å². The van der Waals surface area contributed by atoms with Crippen molar-refractivity contribution in [3.8, 4) is 11.3 Å². The highest BCUT2D eigenvalue weighted by Crippen LogP contribution is 2.36. The molecule has 2 rings (SSSR count). The number of anilines is 1. The minimum atomic E-state index is -4.74. The second kappa shape index (κ2) is 4.01. The van der Waals surface area contributed by atoms with Gasteiger partial charge in [0.2, 0.25) is 0 Å². The van der Waals surface area contributed by atoms with Gasteiger partial charge in [0.15, 0.2) is 0 Å². The summed E-state index contributed by atoms with van der Waals surface area (Å²) in [6.07, 6.45) is -3.48. The van der Waals surface area contributed by atoms with Gasteiger partial charge in [-0.15, -0.1) is 0 Å². The zero-order chi connectivity index (χ0) is 13.5. The van der Waals surface area contributed by atoms with E-state index in [4.69, 9.17) is 5.73 Å². The van der Waals surface area contributed by atoms with E-state index in [9.17, 15) is 17.6 Å². The Morgan fingerprint density at radius 1 is 1.28 bits per heavy atom. The van der Waals surface area contributed by atoms with E-state index in [0.29, 0.717) is 6.07 Å². The standard InChI is InChI=1S/C11H9F4N3/c1-18-10(8(16)5-17-18)6-3-2-4-7(9(6)12)11(13,14)15/h2-5H,16H2,1H3. The van der Waals surface area contributed by atoms with Crippen LogP contribution < -0.4 is 5.73 Å². The van der Waals surface area contributed by atoms with Crippen molar-refractivity contribution in [1.82, 2.24) is 9.78 Å². The molecular weight excluding hydrogens is 250 g/mol. The smallest absolute Gasteiger partial charge is 0.396 e. The molecular formula is C11H9F4N3. The first kappa shape index (κ1) is 12.4. The zero-order valence-electron chi connectivity index (χ0n) is 9.29. The average Bonchev–Trinajstić information content (AvgIpc) is 2.58. The summed E-state index contributed by atoms with van der Waals surface area (Å²) < 4.78 is 52.8. The summed E-state index contributed by atoms with van der Waals surface area (Å²) in [4.78, 5) is 0. The van der Waals surface area contributed by atoms with Gasteiger partial charge in [-0.2, -0.15) is 18.3 Å². The molecule has 0 bridgehead atoms. The van der Waals surface area contributed by atoms with E-state index < -0.39 is 17.6 Å². The first-order valence-electron chi connectivity index (χ1n) is 4.96. The molecule has 0 unspecified atom stereocenters. The first-order valence-corrected chi connectivity index (χ1v) is 4.96. The van der Waals surface area contributed by atoms with Crippen LogP contribution in [0.1, 0.15) is 5.56 Å². The Balaban J connectivity index is 2.68. The maximum atomic E-state index is 13.9. The molecule has 0 atom stereocenters. The number of alkyl halides is 3. The number of rotatable bonds is 1. The van der Waals surface area contributed by atoms with Gasteiger partial charge in [0.1, 0.15) is 5.82 Å². The molecule has 0 amide bonds. The van der Waals surface area contributed by atoms with Crippen LogP contribution in [0.5, 0.6) is 0 Å². The Bertz CT molecular complexity index is 567. The number of nitrogen functional groups attached to an aromatic ring is 1. The quantitative estimate of drug-likeness (QED) is 0.800. The van der Waals surface area contributed by atoms with Crippen molar-refractivity contribution in [1.29, 1.82) is 0 Å². The van der Waals surface area contributed by atoms with Crippen molar-refractivity contribution in [2.75, 3.05) is 5.73 Å². The van der Waals surface area contributed by atoms with Crippen LogP contribution in [0, 0.1) is 5.82 Å². The van der Waals surface area contributed by atoms with Crippen LogP contribution in [-0.4, -0.2) is 9.78 Å². The van der Waals surface area contributed by atoms with E-state index in [1.807, 2.05) is 0 Å². The van der Waals surface area contributed by atoms with Gasteiger partial charge in [0.25, 0.3) is 0 Å². The van der Waals surface area contributed by atoms with Crippen molar-refractivity contribution < 1.29 is 17.6 Å². The van der Waals surface area contributed by atoms with Crippen molar-refractivity contribution in [3.63, 3.8) is 0 Å². The van der Waals surface area contributed by atoms with Gasteiger partial charge < -0.3 is 5.73 Å². The largest absolute Gasteiger partial charge is 0.419 e. The lowest BCUT2D eigenvalue weighted by Gasteiger charge is -2.11. The fraction of sp³-hybridized carbons (Fsp3) is 0.182. The summed E-state index contributed by atoms with van der Waals surface area (Å²) in [6, 6.07) is 3.05. The second-order valence-corrected chi connectivity index (χ2v) is 3.74. The minimum absolute atomic E-state index is 0.121. The number of aryl methyl sites for hydroxylation is 1. The van der Waals surface area contributed by atoms with Crippen LogP contribution in [0.4, 0.5) is 23.2 Å². The maximum Gasteiger partial charge on any atom is 0.419 e. The number of nitrogens with zero attached hydrogens (tertiary/aromatic N) is 2. The number of aromatic nitrogens is 2. The summed E-state index contributed by atoms with van der Waals surface area (Å²) in [7, 11) is 1.48. The van der Waals surface area contributed by atoms with Gasteiger partial charge in [-0.1, -0.05) is 6.07 Å². The first-order chi connectivity index (χ1) is 8.32. The predicted octanol–water partition coefficient (Wildman–Crippen LogP) is 2.83. The topological polar surface area (TPSA) is 43.8 Å². The number of benzene rings is 1. The van der Waals surface area contributed by atoms with E-state index in [1.54, 1.807) is 0 Å². The molecule has 0 saturated carbocycles. The summed E-state index contributed by atoms with van der Waals surface area (Å²) >= 11 is 0. The lowest BCUT2D eigenvalue weighted by Crippen LogP contribution is -2.09. The number of hydrogen-bond acceptors (Lipinski definition) is 2. The molecule has 7 heteroatoms. The van der Waals surface area contributed by atoms with E-state index in [2.05, 4.69) is 5.10 Å². The van der Waals surface area contributed by atoms with Gasteiger partial charge in [-0.05, 0) is 12.1 Å². The number of hydrogen-bond donors (Lipinski definition) is 1. The van der Waals surface area contributed by atoms with E-state index in [-0.39, 0.29) is 16.9 Å². The molecule has 2 aromatic rings. The number of nitrogens with two attached hydrogens (primary N) is 1. The van der Waals surface area contributed by atoms with Crippen LogP contribution in [-0.2, 0) is 13.2 Å². The Labute approximate surface area is 99.8 Å². The molecule has 2 N–H and O–H groups in total. The second-order valence-electron chi connectivity index (χ2n) is 3.74. The molecule has 0 spiro atoms. The highest BCUT2D eigenvalue weighted by Gasteiger charge is 2.35. The van der Waals surface area contributed by atoms with Crippen molar-refractivity contribution >= 4 is 5.69 Å². The van der Waals surface area contributed by atoms with Gasteiger partial charge in [-0.3, -0.25) is 4.68 Å². The third kappa shape index (κ3) is 1.92. The van der Waals surface area contributed by atoms with E-state index in [0.717, 1.165) is 6.07 Å². The summed E-state index contributed by atoms with van der Waals surface area (Å²) in [5.41, 5.74) is 4.28. The van der Waals surface area contributed by atoms with Crippen LogP contribution in [0.25, 0.3) is 11.3 Å². The Morgan fingerprint density at radius 3 is 2.44 bits per heavy atom. The summed E-state index contributed by atoms with van der Waals surface area (Å²) in [6.45, 7) is 0. The van der Waals surface area contributed by atoms with Gasteiger partial charge >= 0.3 is 6.18 Å². The van der Waals surface area contributed by atoms with Gasteiger partial charge in [0.05, 0.1) is 23.1 Å². The van der Waals surface area contributed by atoms with E-state index in [1.165, 1.54) is 24.0 Å². The van der Waals surface area contributed by atoms with E-state index >= 15 is 0 Å². The highest BCUT2D eigenvalue weighted by molar-refractivity contribution is 5.73. The molecule has 0 aliphatic heterocycles. The lowest BCUT2D eigenvalue weighted by atomic mass is 10.1. The fourth-order valence-corrected chi connectivity index (χ4v) is 1.72. The molecule has 0 aliphatic carbocycles. The van der Waals surface area contributed by atoms with Crippen molar-refractivity contribution in [3.05, 3.63) is 35.8 Å². The van der Waals surface area contributed by atoms with Crippen LogP contribution >= 0.6 is 0 Å². The lowest BCUT2D eigenvalue weighted by molar-refractivity contribution is -0.139. The third-order valence-corrected chi connectivity index (χ3v) is 2.53. The minimum Gasteiger partial charge on any atom is -0.396 e. The molecule has 0 radical (unpaired) electrons. The molecule has 0 aliphatic rings. The van der Waals surface area contributed by atoms with Crippen LogP contribution in [0.15, 0.2) is 24.4 Å². The molecule has 1 heterocycles. The molecule has 3 nitrogen and oxygen atoms in total. The van der Waals surface area contributed by atoms with Crippen LogP contribution in [0.2, 0.25) is 0 Å². The molecule has 96 valence electrons. The summed E-state index contributed by atoms with van der Waals surface area (Å²) in [5.74, 6) is -1.35. The number of halogens is 4. The highest BCUT2D eigenvalue weighted by atomic mass is 19.4. The summed E-state index contributed by atoms with van der Waals surface area (Å²) in [5, 5.41) is 3.77. The molecule has 1 aromatic heterocycles. The Hall–Kier alpha value is -2.05. The fourth-order valence-electron chi connectivity index (χ4n) is 1.72.